The van der Waals surface area contributed by atoms with Crippen LogP contribution in [-0.4, -0.2) is 15.0 Å². The molecule has 2 heterocycles. The van der Waals surface area contributed by atoms with Crippen molar-refractivity contribution in [1.29, 1.82) is 0 Å². The maximum absolute atomic E-state index is 5.57. The second-order valence-electron chi connectivity index (χ2n) is 3.43. The highest BCUT2D eigenvalue weighted by Gasteiger charge is 2.27. The van der Waals surface area contributed by atoms with E-state index in [2.05, 4.69) is 15.0 Å². The number of hydrogen-bond donors (Lipinski definition) is 2. The highest BCUT2D eigenvalue weighted by Crippen LogP contribution is 2.42. The number of nitrogens with one attached hydrogen (secondary N) is 1. The number of hydrogen-bond acceptors (Lipinski definition) is 5. The lowest BCUT2D eigenvalue weighted by Gasteiger charge is -1.90. The van der Waals surface area contributed by atoms with E-state index in [0.29, 0.717) is 16.5 Å². The van der Waals surface area contributed by atoms with Crippen molar-refractivity contribution < 1.29 is 0 Å². The summed E-state index contributed by atoms with van der Waals surface area (Å²) in [6, 6.07) is 0. The molecule has 2 aromatic heterocycles. The molecule has 1 fully saturated rings. The standard InChI is InChI=1S/C8H8N4S2/c9-8-11-5(13)4-7(12-8)14-6(10-4)3-1-2-3/h3H,1-2H2,(H3,9,11,12,13). The number of nitrogens with two attached hydrogens (primary N) is 1. The Kier molecular flexibility index (Phi) is 1.63. The van der Waals surface area contributed by atoms with Gasteiger partial charge in [0.15, 0.2) is 10.8 Å². The molecule has 1 aliphatic rings. The zero-order valence-corrected chi connectivity index (χ0v) is 8.91. The van der Waals surface area contributed by atoms with Crippen molar-refractivity contribution in [2.45, 2.75) is 18.8 Å². The molecule has 0 unspecified atom stereocenters. The molecule has 0 amide bonds. The van der Waals surface area contributed by atoms with E-state index in [0.717, 1.165) is 15.4 Å². The Morgan fingerprint density at radius 1 is 1.43 bits per heavy atom. The van der Waals surface area contributed by atoms with Crippen LogP contribution in [-0.2, 0) is 0 Å². The number of nitrogen functional groups attached to an aromatic ring is 1. The number of nitrogens with zero attached hydrogens (tertiary/aromatic N) is 2. The minimum absolute atomic E-state index is 0.369. The van der Waals surface area contributed by atoms with Crippen LogP contribution in [0.2, 0.25) is 0 Å². The molecule has 0 atom stereocenters. The topological polar surface area (TPSA) is 67.6 Å². The molecule has 3 rings (SSSR count). The fourth-order valence-corrected chi connectivity index (χ4v) is 2.81. The van der Waals surface area contributed by atoms with Gasteiger partial charge in [-0.1, -0.05) is 23.6 Å². The second kappa shape index (κ2) is 2.74. The van der Waals surface area contributed by atoms with Crippen molar-refractivity contribution in [1.82, 2.24) is 15.0 Å². The first-order valence-electron chi connectivity index (χ1n) is 4.40. The Bertz CT molecular complexity index is 552. The molecular weight excluding hydrogens is 216 g/mol. The lowest BCUT2D eigenvalue weighted by atomic mass is 10.4. The van der Waals surface area contributed by atoms with E-state index in [1.165, 1.54) is 12.8 Å². The van der Waals surface area contributed by atoms with Gasteiger partial charge in [0.25, 0.3) is 0 Å². The lowest BCUT2D eigenvalue weighted by molar-refractivity contribution is 1.09. The average Bonchev–Trinajstić information content (AvgIpc) is 2.87. The molecule has 0 spiro atoms. The van der Waals surface area contributed by atoms with Crippen molar-refractivity contribution >= 4 is 39.9 Å². The van der Waals surface area contributed by atoms with Crippen LogP contribution in [0.25, 0.3) is 10.3 Å². The van der Waals surface area contributed by atoms with E-state index >= 15 is 0 Å². The van der Waals surface area contributed by atoms with Crippen LogP contribution in [0.4, 0.5) is 5.95 Å². The van der Waals surface area contributed by atoms with E-state index in [1.54, 1.807) is 11.3 Å². The predicted octanol–water partition coefficient (Wildman–Crippen LogP) is 2.21. The molecular formula is C8H8N4S2. The quantitative estimate of drug-likeness (QED) is 0.729. The third-order valence-electron chi connectivity index (χ3n) is 2.23. The summed E-state index contributed by atoms with van der Waals surface area (Å²) < 4.78 is 0.593. The first-order valence-corrected chi connectivity index (χ1v) is 5.63. The van der Waals surface area contributed by atoms with Gasteiger partial charge in [-0.3, -0.25) is 0 Å². The van der Waals surface area contributed by atoms with E-state index in [1.807, 2.05) is 0 Å². The summed E-state index contributed by atoms with van der Waals surface area (Å²) in [5, 5.41) is 1.15. The summed E-state index contributed by atoms with van der Waals surface area (Å²) in [6.07, 6.45) is 2.48. The zero-order chi connectivity index (χ0) is 9.71. The molecule has 0 saturated heterocycles. The monoisotopic (exact) mass is 224 g/mol. The Morgan fingerprint density at radius 2 is 2.21 bits per heavy atom. The number of rotatable bonds is 1. The smallest absolute Gasteiger partial charge is 0.199 e. The van der Waals surface area contributed by atoms with Gasteiger partial charge in [-0.25, -0.2) is 9.97 Å². The molecule has 72 valence electrons. The Labute approximate surface area is 89.2 Å². The fraction of sp³-hybridized carbons (Fsp3) is 0.375. The van der Waals surface area contributed by atoms with E-state index < -0.39 is 0 Å². The molecule has 0 bridgehead atoms. The normalized spacial score (nSPS) is 16.3. The van der Waals surface area contributed by atoms with Gasteiger partial charge >= 0.3 is 0 Å². The number of anilines is 1. The Hall–Kier alpha value is -1.01. The number of aromatic amines is 1. The molecule has 2 aromatic rings. The first kappa shape index (κ1) is 8.31. The van der Waals surface area contributed by atoms with Gasteiger partial charge < -0.3 is 10.7 Å². The number of thiazole rings is 1. The molecule has 14 heavy (non-hydrogen) atoms. The summed E-state index contributed by atoms with van der Waals surface area (Å²) in [5.74, 6) is 1.01. The maximum atomic E-state index is 5.57. The van der Waals surface area contributed by atoms with Crippen LogP contribution in [0, 0.1) is 4.64 Å². The zero-order valence-electron chi connectivity index (χ0n) is 7.28. The van der Waals surface area contributed by atoms with Crippen LogP contribution in [0.5, 0.6) is 0 Å². The summed E-state index contributed by atoms with van der Waals surface area (Å²) in [5.41, 5.74) is 6.36. The molecule has 1 saturated carbocycles. The number of H-pyrrole nitrogens is 1. The van der Waals surface area contributed by atoms with Crippen molar-refractivity contribution in [2.75, 3.05) is 5.73 Å². The average molecular weight is 224 g/mol. The lowest BCUT2D eigenvalue weighted by Crippen LogP contribution is -1.93. The van der Waals surface area contributed by atoms with Gasteiger partial charge in [0, 0.05) is 5.92 Å². The van der Waals surface area contributed by atoms with Crippen LogP contribution >= 0.6 is 23.6 Å². The van der Waals surface area contributed by atoms with Gasteiger partial charge in [0.1, 0.15) is 10.2 Å². The summed E-state index contributed by atoms with van der Waals surface area (Å²) in [7, 11) is 0. The van der Waals surface area contributed by atoms with E-state index in [9.17, 15) is 0 Å². The summed E-state index contributed by atoms with van der Waals surface area (Å²) in [4.78, 5) is 12.3. The number of aromatic nitrogens is 3. The Morgan fingerprint density at radius 3 is 2.93 bits per heavy atom. The molecule has 1 aliphatic carbocycles. The third-order valence-corrected chi connectivity index (χ3v) is 3.64. The van der Waals surface area contributed by atoms with Gasteiger partial charge in [-0.05, 0) is 12.8 Å². The largest absolute Gasteiger partial charge is 0.369 e. The van der Waals surface area contributed by atoms with Crippen molar-refractivity contribution in [3.05, 3.63) is 9.65 Å². The predicted molar refractivity (Wildman–Crippen MR) is 59.0 cm³/mol. The highest BCUT2D eigenvalue weighted by atomic mass is 32.1. The van der Waals surface area contributed by atoms with E-state index in [-0.39, 0.29) is 0 Å². The molecule has 3 N–H and O–H groups in total. The summed E-state index contributed by atoms with van der Waals surface area (Å²) >= 11 is 6.74. The minimum Gasteiger partial charge on any atom is -0.369 e. The minimum atomic E-state index is 0.369. The SMILES string of the molecule is Nc1nc2sc(C3CC3)nc2c(=S)[nH]1. The first-order chi connectivity index (χ1) is 6.74. The van der Waals surface area contributed by atoms with Crippen molar-refractivity contribution in [3.63, 3.8) is 0 Å². The van der Waals surface area contributed by atoms with Gasteiger partial charge in [0.05, 0.1) is 5.01 Å². The van der Waals surface area contributed by atoms with Gasteiger partial charge in [0.2, 0.25) is 0 Å². The van der Waals surface area contributed by atoms with E-state index in [4.69, 9.17) is 18.0 Å². The molecule has 6 heteroatoms. The fourth-order valence-electron chi connectivity index (χ4n) is 1.37. The van der Waals surface area contributed by atoms with Gasteiger partial charge in [-0.2, -0.15) is 0 Å². The Balaban J connectivity index is 2.31. The third kappa shape index (κ3) is 1.22. The van der Waals surface area contributed by atoms with Crippen molar-refractivity contribution in [2.24, 2.45) is 0 Å². The van der Waals surface area contributed by atoms with Crippen LogP contribution in [0.15, 0.2) is 0 Å². The maximum Gasteiger partial charge on any atom is 0.199 e. The molecule has 0 radical (unpaired) electrons. The molecule has 0 aromatic carbocycles. The number of fused-ring (bicyclic) bond motifs is 1. The molecule has 0 aliphatic heterocycles. The molecule has 4 nitrogen and oxygen atoms in total. The highest BCUT2D eigenvalue weighted by molar-refractivity contribution is 7.71. The van der Waals surface area contributed by atoms with Crippen LogP contribution in [0.3, 0.4) is 0 Å². The summed E-state index contributed by atoms with van der Waals surface area (Å²) in [6.45, 7) is 0. The van der Waals surface area contributed by atoms with Gasteiger partial charge in [-0.15, -0.1) is 0 Å². The van der Waals surface area contributed by atoms with Crippen molar-refractivity contribution in [3.8, 4) is 0 Å². The van der Waals surface area contributed by atoms with Crippen LogP contribution < -0.4 is 5.73 Å². The van der Waals surface area contributed by atoms with Crippen LogP contribution in [0.1, 0.15) is 23.8 Å². The second-order valence-corrected chi connectivity index (χ2v) is 4.85.